The Morgan fingerprint density at radius 3 is 2.40 bits per heavy atom. The van der Waals surface area contributed by atoms with Crippen molar-refractivity contribution in [2.24, 2.45) is 5.41 Å². The van der Waals surface area contributed by atoms with E-state index in [2.05, 4.69) is 18.7 Å². The van der Waals surface area contributed by atoms with Crippen molar-refractivity contribution >= 4 is 0 Å². The first-order chi connectivity index (χ1) is 7.19. The summed E-state index contributed by atoms with van der Waals surface area (Å²) in [6.45, 7) is 7.27. The predicted molar refractivity (Wildman–Crippen MR) is 63.0 cm³/mol. The second-order valence-corrected chi connectivity index (χ2v) is 5.56. The lowest BCUT2D eigenvalue weighted by Crippen LogP contribution is -2.51. The van der Waals surface area contributed by atoms with Crippen LogP contribution in [0.15, 0.2) is 0 Å². The van der Waals surface area contributed by atoms with E-state index in [0.717, 1.165) is 6.04 Å². The normalized spacial score (nSPS) is 29.0. The highest BCUT2D eigenvalue weighted by atomic mass is 16.5. The van der Waals surface area contributed by atoms with Crippen molar-refractivity contribution in [2.45, 2.75) is 58.1 Å². The van der Waals surface area contributed by atoms with Crippen LogP contribution in [0.25, 0.3) is 0 Å². The molecule has 2 nitrogen and oxygen atoms in total. The Morgan fingerprint density at radius 1 is 1.33 bits per heavy atom. The molecule has 2 aliphatic rings. The van der Waals surface area contributed by atoms with Gasteiger partial charge in [0.05, 0.1) is 6.10 Å². The van der Waals surface area contributed by atoms with Gasteiger partial charge >= 0.3 is 0 Å². The van der Waals surface area contributed by atoms with Crippen LogP contribution in [0.2, 0.25) is 0 Å². The minimum absolute atomic E-state index is 0.570. The molecule has 1 aliphatic carbocycles. The van der Waals surface area contributed by atoms with Gasteiger partial charge in [-0.25, -0.2) is 0 Å². The minimum atomic E-state index is 0.570. The van der Waals surface area contributed by atoms with Crippen LogP contribution in [-0.4, -0.2) is 37.2 Å². The third-order valence-corrected chi connectivity index (χ3v) is 4.73. The van der Waals surface area contributed by atoms with E-state index in [9.17, 15) is 0 Å². The second-order valence-electron chi connectivity index (χ2n) is 5.56. The molecular formula is C13H25NO. The Labute approximate surface area is 94.0 Å². The molecule has 0 aromatic rings. The fraction of sp³-hybridized carbons (Fsp3) is 1.00. The largest absolute Gasteiger partial charge is 0.381 e. The smallest absolute Gasteiger partial charge is 0.0582 e. The van der Waals surface area contributed by atoms with E-state index in [-0.39, 0.29) is 0 Å². The van der Waals surface area contributed by atoms with Gasteiger partial charge in [0.15, 0.2) is 0 Å². The Balaban J connectivity index is 1.78. The molecule has 1 saturated heterocycles. The number of nitrogens with zero attached hydrogens (tertiary/aromatic N) is 1. The lowest BCUT2D eigenvalue weighted by atomic mass is 9.61. The molecule has 1 spiro atoms. The molecule has 88 valence electrons. The van der Waals surface area contributed by atoms with Gasteiger partial charge in [0.25, 0.3) is 0 Å². The summed E-state index contributed by atoms with van der Waals surface area (Å²) < 4.78 is 5.40. The summed E-state index contributed by atoms with van der Waals surface area (Å²) >= 11 is 0. The maximum Gasteiger partial charge on any atom is 0.0582 e. The van der Waals surface area contributed by atoms with E-state index < -0.39 is 0 Å². The van der Waals surface area contributed by atoms with Gasteiger partial charge in [0.1, 0.15) is 0 Å². The third kappa shape index (κ3) is 2.21. The van der Waals surface area contributed by atoms with Crippen molar-refractivity contribution in [2.75, 3.05) is 20.2 Å². The summed E-state index contributed by atoms with van der Waals surface area (Å²) in [7, 11) is 1.85. The molecule has 0 bridgehead atoms. The molecule has 1 heterocycles. The van der Waals surface area contributed by atoms with Crippen LogP contribution in [0.5, 0.6) is 0 Å². The van der Waals surface area contributed by atoms with Crippen molar-refractivity contribution in [3.63, 3.8) is 0 Å². The molecule has 2 heteroatoms. The van der Waals surface area contributed by atoms with Crippen LogP contribution in [0.4, 0.5) is 0 Å². The highest BCUT2D eigenvalue weighted by Gasteiger charge is 2.46. The summed E-state index contributed by atoms with van der Waals surface area (Å²) in [5.41, 5.74) is 0.671. The number of hydrogen-bond donors (Lipinski definition) is 0. The van der Waals surface area contributed by atoms with Gasteiger partial charge in [-0.05, 0) is 57.5 Å². The summed E-state index contributed by atoms with van der Waals surface area (Å²) in [4.78, 5) is 2.66. The number of rotatable bonds is 3. The first-order valence-electron chi connectivity index (χ1n) is 6.46. The van der Waals surface area contributed by atoms with Crippen LogP contribution < -0.4 is 0 Å². The van der Waals surface area contributed by atoms with Gasteiger partial charge in [-0.3, -0.25) is 0 Å². The Morgan fingerprint density at radius 2 is 1.93 bits per heavy atom. The number of ether oxygens (including phenoxy) is 1. The van der Waals surface area contributed by atoms with Crippen molar-refractivity contribution in [3.8, 4) is 0 Å². The van der Waals surface area contributed by atoms with Crippen molar-refractivity contribution in [3.05, 3.63) is 0 Å². The topological polar surface area (TPSA) is 12.5 Å². The van der Waals surface area contributed by atoms with Crippen LogP contribution in [-0.2, 0) is 4.74 Å². The van der Waals surface area contributed by atoms with Crippen molar-refractivity contribution < 1.29 is 4.74 Å². The standard InChI is InChI=1S/C13H25NO/c1-4-11(2)14-7-5-13(6-8-14)9-12(10-13)15-3/h11-12H,4-10H2,1-3H3. The monoisotopic (exact) mass is 211 g/mol. The highest BCUT2D eigenvalue weighted by molar-refractivity contribution is 4.98. The van der Waals surface area contributed by atoms with Crippen molar-refractivity contribution in [1.29, 1.82) is 0 Å². The molecule has 15 heavy (non-hydrogen) atoms. The van der Waals surface area contributed by atoms with E-state index in [1.165, 1.54) is 45.2 Å². The summed E-state index contributed by atoms with van der Waals surface area (Å²) in [6.07, 6.45) is 7.29. The van der Waals surface area contributed by atoms with Crippen LogP contribution in [0.1, 0.15) is 46.0 Å². The van der Waals surface area contributed by atoms with Crippen molar-refractivity contribution in [1.82, 2.24) is 4.90 Å². The average Bonchev–Trinajstić information content (AvgIpc) is 2.25. The van der Waals surface area contributed by atoms with E-state index >= 15 is 0 Å². The Kier molecular flexibility index (Phi) is 3.36. The second kappa shape index (κ2) is 4.42. The van der Waals surface area contributed by atoms with Gasteiger partial charge in [-0.15, -0.1) is 0 Å². The van der Waals surface area contributed by atoms with E-state index in [4.69, 9.17) is 4.74 Å². The minimum Gasteiger partial charge on any atom is -0.381 e. The zero-order valence-electron chi connectivity index (χ0n) is 10.5. The molecule has 1 aliphatic heterocycles. The number of likely N-dealkylation sites (tertiary alicyclic amines) is 1. The van der Waals surface area contributed by atoms with Gasteiger partial charge in [0.2, 0.25) is 0 Å². The summed E-state index contributed by atoms with van der Waals surface area (Å²) in [5.74, 6) is 0. The van der Waals surface area contributed by atoms with Crippen LogP contribution in [0.3, 0.4) is 0 Å². The van der Waals surface area contributed by atoms with E-state index in [1.54, 1.807) is 0 Å². The molecule has 2 rings (SSSR count). The Bertz CT molecular complexity index is 201. The molecule has 0 aromatic heterocycles. The lowest BCUT2D eigenvalue weighted by Gasteiger charge is -2.52. The number of hydrogen-bond acceptors (Lipinski definition) is 2. The van der Waals surface area contributed by atoms with Gasteiger partial charge in [0, 0.05) is 13.2 Å². The molecule has 1 saturated carbocycles. The number of methoxy groups -OCH3 is 1. The van der Waals surface area contributed by atoms with Gasteiger partial charge < -0.3 is 9.64 Å². The quantitative estimate of drug-likeness (QED) is 0.711. The highest BCUT2D eigenvalue weighted by Crippen LogP contribution is 2.50. The first-order valence-corrected chi connectivity index (χ1v) is 6.46. The SMILES string of the molecule is CCC(C)N1CCC2(CC1)CC(OC)C2. The summed E-state index contributed by atoms with van der Waals surface area (Å²) in [6, 6.07) is 0.778. The Hall–Kier alpha value is -0.0800. The molecule has 0 amide bonds. The van der Waals surface area contributed by atoms with Gasteiger partial charge in [-0.1, -0.05) is 6.92 Å². The maximum atomic E-state index is 5.40. The fourth-order valence-electron chi connectivity index (χ4n) is 3.18. The maximum absolute atomic E-state index is 5.40. The zero-order valence-corrected chi connectivity index (χ0v) is 10.5. The van der Waals surface area contributed by atoms with Crippen LogP contribution >= 0.6 is 0 Å². The third-order valence-electron chi connectivity index (χ3n) is 4.73. The molecule has 1 atom stereocenters. The predicted octanol–water partition coefficient (Wildman–Crippen LogP) is 2.68. The molecule has 2 fully saturated rings. The summed E-state index contributed by atoms with van der Waals surface area (Å²) in [5, 5.41) is 0. The van der Waals surface area contributed by atoms with Gasteiger partial charge in [-0.2, -0.15) is 0 Å². The van der Waals surface area contributed by atoms with Crippen LogP contribution in [0, 0.1) is 5.41 Å². The average molecular weight is 211 g/mol. The molecule has 1 unspecified atom stereocenters. The number of piperidine rings is 1. The molecule has 0 aromatic carbocycles. The molecule has 0 radical (unpaired) electrons. The molecular weight excluding hydrogens is 186 g/mol. The lowest BCUT2D eigenvalue weighted by molar-refractivity contribution is -0.0911. The fourth-order valence-corrected chi connectivity index (χ4v) is 3.18. The zero-order chi connectivity index (χ0) is 10.9. The molecule has 0 N–H and O–H groups in total. The van der Waals surface area contributed by atoms with E-state index in [1.807, 2.05) is 7.11 Å². The first kappa shape index (κ1) is 11.4. The van der Waals surface area contributed by atoms with E-state index in [0.29, 0.717) is 11.5 Å².